The van der Waals surface area contributed by atoms with Crippen molar-refractivity contribution in [2.45, 2.75) is 33.6 Å². The molecule has 1 heterocycles. The monoisotopic (exact) mass is 236 g/mol. The van der Waals surface area contributed by atoms with E-state index >= 15 is 0 Å². The number of amides is 1. The van der Waals surface area contributed by atoms with Gasteiger partial charge in [-0.1, -0.05) is 13.8 Å². The lowest BCUT2D eigenvalue weighted by molar-refractivity contribution is 0.0935. The van der Waals surface area contributed by atoms with E-state index in [0.29, 0.717) is 22.7 Å². The van der Waals surface area contributed by atoms with Crippen molar-refractivity contribution in [3.63, 3.8) is 0 Å². The highest BCUT2D eigenvalue weighted by Gasteiger charge is 2.45. The molecule has 4 N–H and O–H groups in total. The Hall–Kier alpha value is -1.52. The number of carbonyl (C=O) groups is 1. The van der Waals surface area contributed by atoms with Crippen molar-refractivity contribution in [1.82, 2.24) is 15.5 Å². The SMILES string of the molecule is Cc1[nH]nc(C(=O)NCC2(C(C)C)CC2)c1N. The molecule has 1 amide bonds. The van der Waals surface area contributed by atoms with Gasteiger partial charge in [0.1, 0.15) is 0 Å². The first-order chi connectivity index (χ1) is 7.96. The van der Waals surface area contributed by atoms with Crippen LogP contribution in [0.25, 0.3) is 0 Å². The van der Waals surface area contributed by atoms with Gasteiger partial charge in [0.05, 0.1) is 11.4 Å². The zero-order valence-electron chi connectivity index (χ0n) is 10.6. The maximum Gasteiger partial charge on any atom is 0.273 e. The first kappa shape index (κ1) is 12.0. The highest BCUT2D eigenvalue weighted by Crippen LogP contribution is 2.51. The molecule has 0 bridgehead atoms. The molecule has 1 aliphatic carbocycles. The molecule has 0 unspecified atom stereocenters. The molecule has 1 saturated carbocycles. The van der Waals surface area contributed by atoms with Gasteiger partial charge >= 0.3 is 0 Å². The third-order valence-electron chi connectivity index (χ3n) is 3.93. The van der Waals surface area contributed by atoms with E-state index in [1.54, 1.807) is 6.92 Å². The van der Waals surface area contributed by atoms with Gasteiger partial charge in [-0.25, -0.2) is 0 Å². The van der Waals surface area contributed by atoms with Crippen molar-refractivity contribution in [1.29, 1.82) is 0 Å². The van der Waals surface area contributed by atoms with Gasteiger partial charge in [0.25, 0.3) is 5.91 Å². The Morgan fingerprint density at radius 3 is 2.65 bits per heavy atom. The van der Waals surface area contributed by atoms with E-state index < -0.39 is 0 Å². The van der Waals surface area contributed by atoms with Gasteiger partial charge in [0, 0.05) is 6.54 Å². The number of H-pyrrole nitrogens is 1. The Bertz CT molecular complexity index is 432. The third-order valence-corrected chi connectivity index (χ3v) is 3.93. The minimum absolute atomic E-state index is 0.182. The molecular formula is C12H20N4O. The van der Waals surface area contributed by atoms with Crippen LogP contribution in [0.2, 0.25) is 0 Å². The number of aromatic nitrogens is 2. The summed E-state index contributed by atoms with van der Waals surface area (Å²) in [5.41, 5.74) is 7.55. The second kappa shape index (κ2) is 4.05. The molecule has 1 aliphatic rings. The molecule has 0 radical (unpaired) electrons. The smallest absolute Gasteiger partial charge is 0.273 e. The minimum atomic E-state index is -0.182. The lowest BCUT2D eigenvalue weighted by Gasteiger charge is -2.19. The first-order valence-electron chi connectivity index (χ1n) is 6.05. The molecule has 2 rings (SSSR count). The summed E-state index contributed by atoms with van der Waals surface area (Å²) in [6.45, 7) is 6.92. The van der Waals surface area contributed by atoms with Crippen LogP contribution in [0.15, 0.2) is 0 Å². The largest absolute Gasteiger partial charge is 0.395 e. The van der Waals surface area contributed by atoms with E-state index in [0.717, 1.165) is 12.2 Å². The standard InChI is InChI=1S/C12H20N4O/c1-7(2)12(4-5-12)6-14-11(17)10-9(13)8(3)15-16-10/h7H,4-6,13H2,1-3H3,(H,14,17)(H,15,16). The van der Waals surface area contributed by atoms with Gasteiger partial charge in [-0.05, 0) is 31.1 Å². The molecule has 0 aromatic carbocycles. The Morgan fingerprint density at radius 2 is 2.24 bits per heavy atom. The van der Waals surface area contributed by atoms with Crippen LogP contribution >= 0.6 is 0 Å². The number of nitrogens with one attached hydrogen (secondary N) is 2. The molecule has 0 atom stereocenters. The van der Waals surface area contributed by atoms with E-state index in [1.165, 1.54) is 12.8 Å². The number of carbonyl (C=O) groups excluding carboxylic acids is 1. The Balaban J connectivity index is 1.97. The summed E-state index contributed by atoms with van der Waals surface area (Å²) in [6.07, 6.45) is 2.39. The van der Waals surface area contributed by atoms with Crippen LogP contribution in [0.5, 0.6) is 0 Å². The second-order valence-electron chi connectivity index (χ2n) is 5.31. The van der Waals surface area contributed by atoms with Crippen molar-refractivity contribution < 1.29 is 4.79 Å². The molecule has 94 valence electrons. The number of anilines is 1. The number of hydrogen-bond acceptors (Lipinski definition) is 3. The summed E-state index contributed by atoms with van der Waals surface area (Å²) in [5, 5.41) is 9.57. The van der Waals surface area contributed by atoms with Crippen LogP contribution in [0.1, 0.15) is 42.9 Å². The molecule has 5 heteroatoms. The van der Waals surface area contributed by atoms with Gasteiger partial charge < -0.3 is 11.1 Å². The Kier molecular flexibility index (Phi) is 2.85. The number of aromatic amines is 1. The molecule has 1 aromatic rings. The van der Waals surface area contributed by atoms with Crippen molar-refractivity contribution in [2.24, 2.45) is 11.3 Å². The average Bonchev–Trinajstić information content (AvgIpc) is 3.00. The molecule has 0 aliphatic heterocycles. The van der Waals surface area contributed by atoms with Crippen molar-refractivity contribution in [3.8, 4) is 0 Å². The van der Waals surface area contributed by atoms with E-state index in [-0.39, 0.29) is 5.91 Å². The Morgan fingerprint density at radius 1 is 1.59 bits per heavy atom. The number of nitrogen functional groups attached to an aromatic ring is 1. The normalized spacial score (nSPS) is 17.2. The predicted molar refractivity (Wildman–Crippen MR) is 66.6 cm³/mol. The van der Waals surface area contributed by atoms with Crippen molar-refractivity contribution >= 4 is 11.6 Å². The highest BCUT2D eigenvalue weighted by molar-refractivity contribution is 5.97. The maximum absolute atomic E-state index is 11.9. The zero-order valence-corrected chi connectivity index (χ0v) is 10.6. The van der Waals surface area contributed by atoms with Crippen LogP contribution in [-0.4, -0.2) is 22.6 Å². The van der Waals surface area contributed by atoms with Crippen LogP contribution in [0.3, 0.4) is 0 Å². The fourth-order valence-corrected chi connectivity index (χ4v) is 2.07. The van der Waals surface area contributed by atoms with Crippen LogP contribution in [-0.2, 0) is 0 Å². The second-order valence-corrected chi connectivity index (χ2v) is 5.31. The lowest BCUT2D eigenvalue weighted by Crippen LogP contribution is -2.33. The van der Waals surface area contributed by atoms with Crippen molar-refractivity contribution in [2.75, 3.05) is 12.3 Å². The number of hydrogen-bond donors (Lipinski definition) is 3. The number of rotatable bonds is 4. The maximum atomic E-state index is 11.9. The number of nitrogens with zero attached hydrogens (tertiary/aromatic N) is 1. The summed E-state index contributed by atoms with van der Waals surface area (Å²) >= 11 is 0. The van der Waals surface area contributed by atoms with Gasteiger partial charge in [0.15, 0.2) is 5.69 Å². The van der Waals surface area contributed by atoms with Crippen LogP contribution < -0.4 is 11.1 Å². The summed E-state index contributed by atoms with van der Waals surface area (Å²) in [5.74, 6) is 0.417. The average molecular weight is 236 g/mol. The molecular weight excluding hydrogens is 216 g/mol. The third kappa shape index (κ3) is 2.14. The van der Waals surface area contributed by atoms with E-state index in [1.807, 2.05) is 0 Å². The van der Waals surface area contributed by atoms with Gasteiger partial charge in [-0.2, -0.15) is 5.10 Å². The molecule has 1 fully saturated rings. The fourth-order valence-electron chi connectivity index (χ4n) is 2.07. The van der Waals surface area contributed by atoms with Gasteiger partial charge in [0.2, 0.25) is 0 Å². The van der Waals surface area contributed by atoms with E-state index in [4.69, 9.17) is 5.73 Å². The minimum Gasteiger partial charge on any atom is -0.395 e. The summed E-state index contributed by atoms with van der Waals surface area (Å²) in [6, 6.07) is 0. The van der Waals surface area contributed by atoms with Crippen LogP contribution in [0, 0.1) is 18.3 Å². The molecule has 0 saturated heterocycles. The van der Waals surface area contributed by atoms with Gasteiger partial charge in [-0.15, -0.1) is 0 Å². The molecule has 5 nitrogen and oxygen atoms in total. The molecule has 0 spiro atoms. The van der Waals surface area contributed by atoms with E-state index in [2.05, 4.69) is 29.4 Å². The number of nitrogens with two attached hydrogens (primary N) is 1. The summed E-state index contributed by atoms with van der Waals surface area (Å²) in [4.78, 5) is 11.9. The number of aryl methyl sites for hydroxylation is 1. The highest BCUT2D eigenvalue weighted by atomic mass is 16.1. The lowest BCUT2D eigenvalue weighted by atomic mass is 9.92. The van der Waals surface area contributed by atoms with Gasteiger partial charge in [-0.3, -0.25) is 9.89 Å². The van der Waals surface area contributed by atoms with E-state index in [9.17, 15) is 4.79 Å². The van der Waals surface area contributed by atoms with Crippen molar-refractivity contribution in [3.05, 3.63) is 11.4 Å². The summed E-state index contributed by atoms with van der Waals surface area (Å²) in [7, 11) is 0. The topological polar surface area (TPSA) is 83.8 Å². The fraction of sp³-hybridized carbons (Fsp3) is 0.667. The molecule has 17 heavy (non-hydrogen) atoms. The zero-order chi connectivity index (χ0) is 12.6. The van der Waals surface area contributed by atoms with Crippen LogP contribution in [0.4, 0.5) is 5.69 Å². The Labute approximate surface area is 101 Å². The molecule has 1 aromatic heterocycles. The summed E-state index contributed by atoms with van der Waals surface area (Å²) < 4.78 is 0. The first-order valence-corrected chi connectivity index (χ1v) is 6.05. The quantitative estimate of drug-likeness (QED) is 0.740. The predicted octanol–water partition coefficient (Wildman–Crippen LogP) is 1.47.